The molecule has 2 aromatic rings. The Morgan fingerprint density at radius 2 is 1.52 bits per heavy atom. The van der Waals surface area contributed by atoms with Crippen LogP contribution in [0.2, 0.25) is 0 Å². The van der Waals surface area contributed by atoms with Gasteiger partial charge in [0.05, 0.1) is 0 Å². The number of nitrogens with one attached hydrogen (secondary N) is 3. The predicted molar refractivity (Wildman–Crippen MR) is 95.1 cm³/mol. The van der Waals surface area contributed by atoms with Gasteiger partial charge in [-0.1, -0.05) is 12.1 Å². The van der Waals surface area contributed by atoms with Crippen LogP contribution in [0.15, 0.2) is 48.5 Å². The largest absolute Gasteiger partial charge is 0.337 e. The molecule has 0 saturated heterocycles. The number of carbonyl (C=O) groups is 2. The fourth-order valence-electron chi connectivity index (χ4n) is 2.79. The summed E-state index contributed by atoms with van der Waals surface area (Å²) in [5.74, 6) is -0.401. The molecule has 0 spiro atoms. The zero-order chi connectivity index (χ0) is 17.9. The first kappa shape index (κ1) is 17.0. The van der Waals surface area contributed by atoms with Crippen molar-refractivity contribution in [1.29, 1.82) is 0 Å². The molecule has 0 bridgehead atoms. The molecule has 3 amide bonds. The summed E-state index contributed by atoms with van der Waals surface area (Å²) in [7, 11) is 0. The van der Waals surface area contributed by atoms with Crippen LogP contribution in [-0.4, -0.2) is 18.5 Å². The summed E-state index contributed by atoms with van der Waals surface area (Å²) in [6.45, 7) is 1.95. The van der Waals surface area contributed by atoms with Gasteiger partial charge < -0.3 is 16.0 Å². The van der Waals surface area contributed by atoms with E-state index in [1.165, 1.54) is 19.1 Å². The van der Waals surface area contributed by atoms with Gasteiger partial charge in [-0.25, -0.2) is 9.18 Å². The number of hydrogen-bond donors (Lipinski definition) is 3. The Balaban J connectivity index is 1.53. The molecule has 130 valence electrons. The Kier molecular flexibility index (Phi) is 4.70. The fourth-order valence-corrected chi connectivity index (χ4v) is 2.79. The van der Waals surface area contributed by atoms with Crippen LogP contribution in [0, 0.1) is 5.82 Å². The highest BCUT2D eigenvalue weighted by Crippen LogP contribution is 2.47. The SMILES string of the molecule is CC(=O)Nc1ccc(NC(=O)NCC2(c3ccc(F)cc3)CC2)cc1. The van der Waals surface area contributed by atoms with Gasteiger partial charge in [0.25, 0.3) is 0 Å². The van der Waals surface area contributed by atoms with Crippen molar-refractivity contribution in [3.8, 4) is 0 Å². The number of urea groups is 1. The number of anilines is 2. The normalized spacial score (nSPS) is 14.5. The molecule has 3 N–H and O–H groups in total. The number of rotatable bonds is 5. The van der Waals surface area contributed by atoms with Crippen molar-refractivity contribution in [2.75, 3.05) is 17.2 Å². The first-order chi connectivity index (χ1) is 12.0. The standard InChI is InChI=1S/C19H20FN3O2/c1-13(24)22-16-6-8-17(9-7-16)23-18(25)21-12-19(10-11-19)14-2-4-15(20)5-3-14/h2-9H,10-12H2,1H3,(H,22,24)(H2,21,23,25). The Hall–Kier alpha value is -2.89. The molecule has 3 rings (SSSR count). The van der Waals surface area contributed by atoms with Crippen LogP contribution in [0.3, 0.4) is 0 Å². The van der Waals surface area contributed by atoms with Crippen LogP contribution in [0.4, 0.5) is 20.6 Å². The van der Waals surface area contributed by atoms with Gasteiger partial charge in [-0.05, 0) is 54.8 Å². The first-order valence-corrected chi connectivity index (χ1v) is 8.15. The topological polar surface area (TPSA) is 70.2 Å². The summed E-state index contributed by atoms with van der Waals surface area (Å²) < 4.78 is 13.0. The van der Waals surface area contributed by atoms with Gasteiger partial charge in [-0.3, -0.25) is 4.79 Å². The van der Waals surface area contributed by atoms with Crippen molar-refractivity contribution in [3.63, 3.8) is 0 Å². The molecule has 0 heterocycles. The lowest BCUT2D eigenvalue weighted by atomic mass is 9.96. The van der Waals surface area contributed by atoms with Crippen molar-refractivity contribution in [1.82, 2.24) is 5.32 Å². The molecule has 2 aromatic carbocycles. The lowest BCUT2D eigenvalue weighted by Crippen LogP contribution is -2.35. The minimum atomic E-state index is -0.291. The Morgan fingerprint density at radius 3 is 2.04 bits per heavy atom. The molecule has 0 unspecified atom stereocenters. The minimum absolute atomic E-state index is 0.0830. The van der Waals surface area contributed by atoms with Crippen LogP contribution >= 0.6 is 0 Å². The summed E-state index contributed by atoms with van der Waals surface area (Å²) in [5.41, 5.74) is 2.28. The van der Waals surface area contributed by atoms with Crippen molar-refractivity contribution in [2.45, 2.75) is 25.2 Å². The van der Waals surface area contributed by atoms with Gasteiger partial charge in [0, 0.05) is 30.3 Å². The van der Waals surface area contributed by atoms with Gasteiger partial charge in [-0.2, -0.15) is 0 Å². The number of benzene rings is 2. The second kappa shape index (κ2) is 6.93. The lowest BCUT2D eigenvalue weighted by molar-refractivity contribution is -0.114. The highest BCUT2D eigenvalue weighted by molar-refractivity contribution is 5.91. The van der Waals surface area contributed by atoms with E-state index in [1.807, 2.05) is 0 Å². The third-order valence-electron chi connectivity index (χ3n) is 4.36. The molecule has 0 aromatic heterocycles. The van der Waals surface area contributed by atoms with E-state index in [0.29, 0.717) is 17.9 Å². The zero-order valence-corrected chi connectivity index (χ0v) is 13.9. The average Bonchev–Trinajstić information content (AvgIpc) is 3.36. The van der Waals surface area contributed by atoms with Crippen LogP contribution < -0.4 is 16.0 Å². The van der Waals surface area contributed by atoms with Crippen molar-refractivity contribution < 1.29 is 14.0 Å². The van der Waals surface area contributed by atoms with Crippen molar-refractivity contribution in [2.24, 2.45) is 0 Å². The van der Waals surface area contributed by atoms with Crippen molar-refractivity contribution in [3.05, 3.63) is 59.9 Å². The van der Waals surface area contributed by atoms with Gasteiger partial charge >= 0.3 is 6.03 Å². The summed E-state index contributed by atoms with van der Waals surface area (Å²) >= 11 is 0. The van der Waals surface area contributed by atoms with E-state index in [1.54, 1.807) is 36.4 Å². The Labute approximate surface area is 145 Å². The monoisotopic (exact) mass is 341 g/mol. The van der Waals surface area contributed by atoms with Crippen LogP contribution in [0.5, 0.6) is 0 Å². The molecular weight excluding hydrogens is 321 g/mol. The van der Waals surface area contributed by atoms with Crippen LogP contribution in [0.1, 0.15) is 25.3 Å². The first-order valence-electron chi connectivity index (χ1n) is 8.15. The quantitative estimate of drug-likeness (QED) is 0.777. The Morgan fingerprint density at radius 1 is 0.960 bits per heavy atom. The van der Waals surface area contributed by atoms with Gasteiger partial charge in [0.15, 0.2) is 0 Å². The average molecular weight is 341 g/mol. The van der Waals surface area contributed by atoms with Gasteiger partial charge in [-0.15, -0.1) is 0 Å². The molecule has 6 heteroatoms. The zero-order valence-electron chi connectivity index (χ0n) is 13.9. The van der Waals surface area contributed by atoms with E-state index in [0.717, 1.165) is 18.4 Å². The maximum Gasteiger partial charge on any atom is 0.319 e. The van der Waals surface area contributed by atoms with E-state index in [2.05, 4.69) is 16.0 Å². The molecule has 1 saturated carbocycles. The molecule has 0 atom stereocenters. The third-order valence-corrected chi connectivity index (χ3v) is 4.36. The predicted octanol–water partition coefficient (Wildman–Crippen LogP) is 3.64. The molecule has 0 aliphatic heterocycles. The second-order valence-electron chi connectivity index (χ2n) is 6.35. The Bertz CT molecular complexity index is 768. The highest BCUT2D eigenvalue weighted by Gasteiger charge is 2.44. The van der Waals surface area contributed by atoms with Gasteiger partial charge in [0.1, 0.15) is 5.82 Å². The number of amides is 3. The smallest absolute Gasteiger partial charge is 0.319 e. The maximum absolute atomic E-state index is 13.0. The molecule has 25 heavy (non-hydrogen) atoms. The summed E-state index contributed by atoms with van der Waals surface area (Å²) in [5, 5.41) is 8.31. The third kappa shape index (κ3) is 4.35. The lowest BCUT2D eigenvalue weighted by Gasteiger charge is -2.17. The second-order valence-corrected chi connectivity index (χ2v) is 6.35. The van der Waals surface area contributed by atoms with Crippen LogP contribution in [0.25, 0.3) is 0 Å². The molecule has 5 nitrogen and oxygen atoms in total. The van der Waals surface area contributed by atoms with E-state index in [4.69, 9.17) is 0 Å². The van der Waals surface area contributed by atoms with Crippen LogP contribution in [-0.2, 0) is 10.2 Å². The highest BCUT2D eigenvalue weighted by atomic mass is 19.1. The molecule has 1 aliphatic rings. The van der Waals surface area contributed by atoms with Crippen molar-refractivity contribution >= 4 is 23.3 Å². The molecule has 0 radical (unpaired) electrons. The van der Waals surface area contributed by atoms with E-state index in [9.17, 15) is 14.0 Å². The molecule has 1 aliphatic carbocycles. The fraction of sp³-hybridized carbons (Fsp3) is 0.263. The number of carbonyl (C=O) groups excluding carboxylic acids is 2. The van der Waals surface area contributed by atoms with Gasteiger partial charge in [0.2, 0.25) is 5.91 Å². The maximum atomic E-state index is 13.0. The van der Waals surface area contributed by atoms with E-state index in [-0.39, 0.29) is 23.2 Å². The molecular formula is C19H20FN3O2. The molecule has 1 fully saturated rings. The number of halogens is 1. The summed E-state index contributed by atoms with van der Waals surface area (Å²) in [4.78, 5) is 23.1. The van der Waals surface area contributed by atoms with E-state index >= 15 is 0 Å². The summed E-state index contributed by atoms with van der Waals surface area (Å²) in [6, 6.07) is 13.1. The number of hydrogen-bond acceptors (Lipinski definition) is 2. The summed E-state index contributed by atoms with van der Waals surface area (Å²) in [6.07, 6.45) is 1.95. The minimum Gasteiger partial charge on any atom is -0.337 e. The van der Waals surface area contributed by atoms with E-state index < -0.39 is 0 Å².